The van der Waals surface area contributed by atoms with Gasteiger partial charge < -0.3 is 15.2 Å². The molecule has 3 aromatic carbocycles. The van der Waals surface area contributed by atoms with Gasteiger partial charge in [0.15, 0.2) is 13.2 Å². The van der Waals surface area contributed by atoms with E-state index < -0.39 is 5.91 Å². The van der Waals surface area contributed by atoms with E-state index in [1.165, 1.54) is 6.21 Å². The van der Waals surface area contributed by atoms with Crippen LogP contribution in [0.1, 0.15) is 5.56 Å². The zero-order chi connectivity index (χ0) is 21.2. The lowest BCUT2D eigenvalue weighted by Gasteiger charge is -2.07. The summed E-state index contributed by atoms with van der Waals surface area (Å²) < 4.78 is 10.6. The van der Waals surface area contributed by atoms with Crippen LogP contribution in [-0.2, 0) is 9.59 Å². The van der Waals surface area contributed by atoms with Gasteiger partial charge in [0.2, 0.25) is 0 Å². The second kappa shape index (κ2) is 10.4. The van der Waals surface area contributed by atoms with Gasteiger partial charge in [0.25, 0.3) is 11.8 Å². The molecule has 3 N–H and O–H groups in total. The van der Waals surface area contributed by atoms with Gasteiger partial charge in [-0.1, -0.05) is 42.5 Å². The summed E-state index contributed by atoms with van der Waals surface area (Å²) in [6.45, 7) is -0.333. The Kier molecular flexibility index (Phi) is 7.16. The lowest BCUT2D eigenvalue weighted by molar-refractivity contribution is -0.123. The summed E-state index contributed by atoms with van der Waals surface area (Å²) in [6.07, 6.45) is 1.49. The number of benzene rings is 3. The Morgan fingerprint density at radius 1 is 0.800 bits per heavy atom. The summed E-state index contributed by atoms with van der Waals surface area (Å²) >= 11 is 0. The number of nitrogens with two attached hydrogens (primary N) is 1. The minimum absolute atomic E-state index is 0.151. The predicted molar refractivity (Wildman–Crippen MR) is 114 cm³/mol. The average Bonchev–Trinajstić information content (AvgIpc) is 2.78. The van der Waals surface area contributed by atoms with Gasteiger partial charge in [-0.25, -0.2) is 5.43 Å². The number of amides is 2. The van der Waals surface area contributed by atoms with Gasteiger partial charge in [-0.2, -0.15) is 5.10 Å². The number of primary amides is 1. The molecule has 0 aromatic heterocycles. The van der Waals surface area contributed by atoms with Crippen LogP contribution in [0.5, 0.6) is 11.5 Å². The predicted octanol–water partition coefficient (Wildman–Crippen LogP) is 2.75. The van der Waals surface area contributed by atoms with Crippen LogP contribution in [0.3, 0.4) is 0 Å². The summed E-state index contributed by atoms with van der Waals surface area (Å²) in [4.78, 5) is 22.6. The molecule has 0 bridgehead atoms. The summed E-state index contributed by atoms with van der Waals surface area (Å²) in [5.41, 5.74) is 10.4. The zero-order valence-corrected chi connectivity index (χ0v) is 16.2. The maximum atomic E-state index is 11.9. The quantitative estimate of drug-likeness (QED) is 0.423. The Bertz CT molecular complexity index is 1000. The zero-order valence-electron chi connectivity index (χ0n) is 16.2. The van der Waals surface area contributed by atoms with E-state index in [1.54, 1.807) is 24.3 Å². The molecule has 7 heteroatoms. The van der Waals surface area contributed by atoms with Crippen LogP contribution in [-0.4, -0.2) is 31.2 Å². The third-order valence-electron chi connectivity index (χ3n) is 4.00. The first-order valence-electron chi connectivity index (χ1n) is 9.21. The van der Waals surface area contributed by atoms with Crippen molar-refractivity contribution >= 4 is 18.0 Å². The molecule has 0 atom stereocenters. The van der Waals surface area contributed by atoms with Crippen LogP contribution in [0.25, 0.3) is 11.1 Å². The molecular weight excluding hydrogens is 382 g/mol. The van der Waals surface area contributed by atoms with E-state index in [4.69, 9.17) is 15.2 Å². The highest BCUT2D eigenvalue weighted by Gasteiger charge is 2.03. The van der Waals surface area contributed by atoms with Gasteiger partial charge in [0, 0.05) is 0 Å². The van der Waals surface area contributed by atoms with E-state index in [-0.39, 0.29) is 19.1 Å². The fourth-order valence-electron chi connectivity index (χ4n) is 2.54. The highest BCUT2D eigenvalue weighted by atomic mass is 16.5. The summed E-state index contributed by atoms with van der Waals surface area (Å²) in [7, 11) is 0. The first-order valence-corrected chi connectivity index (χ1v) is 9.21. The van der Waals surface area contributed by atoms with Crippen molar-refractivity contribution in [2.75, 3.05) is 13.2 Å². The third-order valence-corrected chi connectivity index (χ3v) is 4.00. The van der Waals surface area contributed by atoms with Crippen molar-refractivity contribution in [3.8, 4) is 22.6 Å². The second-order valence-corrected chi connectivity index (χ2v) is 6.30. The van der Waals surface area contributed by atoms with Crippen LogP contribution in [0.15, 0.2) is 84.0 Å². The first kappa shape index (κ1) is 20.6. The van der Waals surface area contributed by atoms with E-state index in [2.05, 4.69) is 10.5 Å². The molecule has 30 heavy (non-hydrogen) atoms. The molecule has 0 heterocycles. The molecular formula is C23H21N3O4. The fraction of sp³-hybridized carbons (Fsp3) is 0.0870. The summed E-state index contributed by atoms with van der Waals surface area (Å²) in [6, 6.07) is 24.3. The summed E-state index contributed by atoms with van der Waals surface area (Å²) in [5, 5.41) is 3.89. The van der Waals surface area contributed by atoms with Crippen molar-refractivity contribution in [3.05, 3.63) is 84.4 Å². The standard InChI is InChI=1S/C23H21N3O4/c24-22(27)15-29-20-10-6-17(7-11-20)14-25-26-23(28)16-30-21-12-8-19(9-13-21)18-4-2-1-3-5-18/h1-14H,15-16H2,(H2,24,27)(H,26,28)/b25-14+. The molecule has 3 aromatic rings. The van der Waals surface area contributed by atoms with Gasteiger partial charge in [-0.15, -0.1) is 0 Å². The number of hydrogen-bond donors (Lipinski definition) is 2. The van der Waals surface area contributed by atoms with Crippen LogP contribution < -0.4 is 20.6 Å². The largest absolute Gasteiger partial charge is 0.484 e. The van der Waals surface area contributed by atoms with Gasteiger partial charge in [-0.3, -0.25) is 9.59 Å². The Balaban J connectivity index is 1.43. The third kappa shape index (κ3) is 6.49. The van der Waals surface area contributed by atoms with Gasteiger partial charge in [0.1, 0.15) is 11.5 Å². The van der Waals surface area contributed by atoms with Gasteiger partial charge >= 0.3 is 0 Å². The van der Waals surface area contributed by atoms with Gasteiger partial charge in [-0.05, 0) is 53.1 Å². The summed E-state index contributed by atoms with van der Waals surface area (Å²) in [5.74, 6) is 0.194. The number of hydrazone groups is 1. The van der Waals surface area contributed by atoms with E-state index in [0.717, 1.165) is 16.7 Å². The lowest BCUT2D eigenvalue weighted by Crippen LogP contribution is -2.24. The molecule has 0 saturated heterocycles. The lowest BCUT2D eigenvalue weighted by atomic mass is 10.1. The number of carbonyl (C=O) groups excluding carboxylic acids is 2. The van der Waals surface area contributed by atoms with Gasteiger partial charge in [0.05, 0.1) is 6.21 Å². The molecule has 0 saturated carbocycles. The molecule has 152 valence electrons. The van der Waals surface area contributed by atoms with Crippen molar-refractivity contribution in [1.82, 2.24) is 5.43 Å². The molecule has 7 nitrogen and oxygen atoms in total. The van der Waals surface area contributed by atoms with E-state index >= 15 is 0 Å². The number of hydrogen-bond acceptors (Lipinski definition) is 5. The highest BCUT2D eigenvalue weighted by molar-refractivity contribution is 5.83. The first-order chi connectivity index (χ1) is 14.6. The Morgan fingerprint density at radius 3 is 2.00 bits per heavy atom. The molecule has 0 aliphatic heterocycles. The van der Waals surface area contributed by atoms with Crippen molar-refractivity contribution in [1.29, 1.82) is 0 Å². The minimum Gasteiger partial charge on any atom is -0.484 e. The second-order valence-electron chi connectivity index (χ2n) is 6.30. The Labute approximate surface area is 174 Å². The Hall–Kier alpha value is -4.13. The fourth-order valence-corrected chi connectivity index (χ4v) is 2.54. The van der Waals surface area contributed by atoms with Crippen LogP contribution in [0, 0.1) is 0 Å². The van der Waals surface area contributed by atoms with Crippen LogP contribution in [0.2, 0.25) is 0 Å². The van der Waals surface area contributed by atoms with Crippen molar-refractivity contribution in [2.24, 2.45) is 10.8 Å². The molecule has 0 aliphatic carbocycles. The number of nitrogens with one attached hydrogen (secondary N) is 1. The molecule has 0 fully saturated rings. The van der Waals surface area contributed by atoms with E-state index in [9.17, 15) is 9.59 Å². The van der Waals surface area contributed by atoms with Crippen LogP contribution in [0.4, 0.5) is 0 Å². The smallest absolute Gasteiger partial charge is 0.277 e. The maximum absolute atomic E-state index is 11.9. The van der Waals surface area contributed by atoms with E-state index in [1.807, 2.05) is 54.6 Å². The van der Waals surface area contributed by atoms with Crippen LogP contribution >= 0.6 is 0 Å². The molecule has 0 radical (unpaired) electrons. The average molecular weight is 403 g/mol. The topological polar surface area (TPSA) is 103 Å². The highest BCUT2D eigenvalue weighted by Crippen LogP contribution is 2.21. The van der Waals surface area contributed by atoms with Crippen molar-refractivity contribution in [3.63, 3.8) is 0 Å². The van der Waals surface area contributed by atoms with E-state index in [0.29, 0.717) is 11.5 Å². The minimum atomic E-state index is -0.544. The number of nitrogens with zero attached hydrogens (tertiary/aromatic N) is 1. The normalized spacial score (nSPS) is 10.5. The Morgan fingerprint density at radius 2 is 1.37 bits per heavy atom. The molecule has 3 rings (SSSR count). The SMILES string of the molecule is NC(=O)COc1ccc(/C=N/NC(=O)COc2ccc(-c3ccccc3)cc2)cc1. The monoisotopic (exact) mass is 403 g/mol. The van der Waals surface area contributed by atoms with Crippen molar-refractivity contribution < 1.29 is 19.1 Å². The molecule has 0 spiro atoms. The number of carbonyl (C=O) groups is 2. The number of ether oxygens (including phenoxy) is 2. The molecule has 2 amide bonds. The number of rotatable bonds is 9. The molecule has 0 unspecified atom stereocenters. The van der Waals surface area contributed by atoms with Crippen molar-refractivity contribution in [2.45, 2.75) is 0 Å². The maximum Gasteiger partial charge on any atom is 0.277 e. The molecule has 0 aliphatic rings.